The van der Waals surface area contributed by atoms with E-state index in [4.69, 9.17) is 0 Å². The second-order valence-corrected chi connectivity index (χ2v) is 19.1. The number of hydrogen-bond acceptors (Lipinski definition) is 1. The van der Waals surface area contributed by atoms with E-state index in [2.05, 4.69) is 213 Å². The molecule has 0 bridgehead atoms. The molecule has 12 aromatic rings. The van der Waals surface area contributed by atoms with Crippen LogP contribution in [0.2, 0.25) is 0 Å². The van der Waals surface area contributed by atoms with E-state index in [0.29, 0.717) is 22.5 Å². The van der Waals surface area contributed by atoms with Gasteiger partial charge in [0.05, 0.1) is 50.6 Å². The summed E-state index contributed by atoms with van der Waals surface area (Å²) in [6.07, 6.45) is -4.73. The SMILES string of the molecule is Cc1ccc(-c2ccc3c4ccc(-c5ccc(C)cc5)cc4n(-c4cc(C#N)cc(-n5c6cc(-c7ccc(C)cc7)ccc6c6ccc(-c7ccc(C)cc7)cc65)c4-c4ccccc4C(F)(F)F)c3c2)cc1. The lowest BCUT2D eigenvalue weighted by molar-refractivity contribution is -0.137. The van der Waals surface area contributed by atoms with Gasteiger partial charge in [0.2, 0.25) is 0 Å². The zero-order valence-corrected chi connectivity index (χ0v) is 40.1. The molecule has 2 heterocycles. The van der Waals surface area contributed by atoms with Crippen molar-refractivity contribution >= 4 is 43.6 Å². The van der Waals surface area contributed by atoms with Gasteiger partial charge in [0.1, 0.15) is 0 Å². The van der Waals surface area contributed by atoms with E-state index in [1.54, 1.807) is 24.3 Å². The van der Waals surface area contributed by atoms with Gasteiger partial charge in [-0.2, -0.15) is 18.4 Å². The first-order chi connectivity index (χ1) is 34.9. The Kier molecular flexibility index (Phi) is 10.6. The molecule has 0 aliphatic carbocycles. The molecule has 2 aromatic heterocycles. The average molecular weight is 938 g/mol. The zero-order chi connectivity index (χ0) is 49.4. The summed E-state index contributed by atoms with van der Waals surface area (Å²) < 4.78 is 51.7. The minimum atomic E-state index is -4.73. The summed E-state index contributed by atoms with van der Waals surface area (Å²) in [7, 11) is 0. The van der Waals surface area contributed by atoms with Crippen molar-refractivity contribution in [3.05, 3.63) is 240 Å². The second-order valence-electron chi connectivity index (χ2n) is 19.1. The maximum Gasteiger partial charge on any atom is 0.417 e. The molecule has 12 rings (SSSR count). The summed E-state index contributed by atoms with van der Waals surface area (Å²) in [6.45, 7) is 8.22. The van der Waals surface area contributed by atoms with Crippen LogP contribution in [0.5, 0.6) is 0 Å². The van der Waals surface area contributed by atoms with Gasteiger partial charge in [-0.1, -0.05) is 186 Å². The predicted octanol–water partition coefficient (Wildman–Crippen LogP) is 18.3. The molecule has 0 aliphatic rings. The van der Waals surface area contributed by atoms with Gasteiger partial charge in [0.15, 0.2) is 0 Å². The third-order valence-corrected chi connectivity index (χ3v) is 14.3. The summed E-state index contributed by atoms with van der Waals surface area (Å²) in [4.78, 5) is 0. The molecule has 0 amide bonds. The lowest BCUT2D eigenvalue weighted by Crippen LogP contribution is -2.11. The molecule has 0 saturated carbocycles. The molecule has 72 heavy (non-hydrogen) atoms. The van der Waals surface area contributed by atoms with Gasteiger partial charge in [0.25, 0.3) is 0 Å². The van der Waals surface area contributed by atoms with Crippen LogP contribution in [0.15, 0.2) is 206 Å². The number of alkyl halides is 3. The van der Waals surface area contributed by atoms with Crippen molar-refractivity contribution in [1.29, 1.82) is 5.26 Å². The Morgan fingerprint density at radius 3 is 0.944 bits per heavy atom. The Bertz CT molecular complexity index is 3710. The summed E-state index contributed by atoms with van der Waals surface area (Å²) in [5, 5.41) is 14.9. The van der Waals surface area contributed by atoms with Crippen molar-refractivity contribution < 1.29 is 13.2 Å². The Morgan fingerprint density at radius 1 is 0.361 bits per heavy atom. The van der Waals surface area contributed by atoms with E-state index >= 15 is 13.2 Å². The summed E-state index contributed by atoms with van der Waals surface area (Å²) in [5.74, 6) is 0. The Labute approximate surface area is 415 Å². The lowest BCUT2D eigenvalue weighted by Gasteiger charge is -2.23. The Morgan fingerprint density at radius 2 is 0.653 bits per heavy atom. The molecule has 0 aliphatic heterocycles. The normalized spacial score (nSPS) is 11.8. The molecule has 0 saturated heterocycles. The van der Waals surface area contributed by atoms with Crippen LogP contribution in [0.1, 0.15) is 33.4 Å². The van der Waals surface area contributed by atoms with E-state index in [1.807, 2.05) is 0 Å². The number of benzene rings is 10. The maximum absolute atomic E-state index is 15.8. The van der Waals surface area contributed by atoms with Crippen molar-refractivity contribution in [2.45, 2.75) is 33.9 Å². The van der Waals surface area contributed by atoms with E-state index < -0.39 is 11.7 Å². The Balaban J connectivity index is 1.26. The number of aromatic nitrogens is 2. The van der Waals surface area contributed by atoms with Gasteiger partial charge < -0.3 is 9.13 Å². The number of nitrogens with zero attached hydrogens (tertiary/aromatic N) is 3. The van der Waals surface area contributed by atoms with Crippen LogP contribution < -0.4 is 0 Å². The topological polar surface area (TPSA) is 33.6 Å². The first-order valence-electron chi connectivity index (χ1n) is 24.1. The highest BCUT2D eigenvalue weighted by molar-refractivity contribution is 6.14. The van der Waals surface area contributed by atoms with Crippen LogP contribution in [0, 0.1) is 39.0 Å². The molecule has 3 nitrogen and oxygen atoms in total. The van der Waals surface area contributed by atoms with Crippen molar-refractivity contribution in [1.82, 2.24) is 9.13 Å². The number of halogens is 3. The largest absolute Gasteiger partial charge is 0.417 e. The molecular weight excluding hydrogens is 892 g/mol. The molecule has 0 N–H and O–H groups in total. The van der Waals surface area contributed by atoms with Crippen LogP contribution in [0.25, 0.3) is 111 Å². The molecule has 0 atom stereocenters. The Hall–Kier alpha value is -8.92. The minimum absolute atomic E-state index is 0.00162. The third-order valence-electron chi connectivity index (χ3n) is 14.3. The van der Waals surface area contributed by atoms with E-state index in [1.165, 1.54) is 6.07 Å². The van der Waals surface area contributed by atoms with Crippen molar-refractivity contribution in [2.24, 2.45) is 0 Å². The van der Waals surface area contributed by atoms with Crippen LogP contribution in [-0.2, 0) is 6.18 Å². The molecule has 0 fully saturated rings. The lowest BCUT2D eigenvalue weighted by atomic mass is 9.93. The highest BCUT2D eigenvalue weighted by atomic mass is 19.4. The van der Waals surface area contributed by atoms with Gasteiger partial charge in [-0.05, 0) is 120 Å². The average Bonchev–Trinajstić information content (AvgIpc) is 3.90. The molecule has 0 unspecified atom stereocenters. The quantitative estimate of drug-likeness (QED) is 0.157. The molecule has 0 spiro atoms. The first-order valence-corrected chi connectivity index (χ1v) is 24.1. The van der Waals surface area contributed by atoms with Crippen molar-refractivity contribution in [2.75, 3.05) is 0 Å². The summed E-state index contributed by atoms with van der Waals surface area (Å²) >= 11 is 0. The molecule has 346 valence electrons. The number of fused-ring (bicyclic) bond motifs is 6. The fraction of sp³-hybridized carbons (Fsp3) is 0.0758. The van der Waals surface area contributed by atoms with Crippen LogP contribution in [0.3, 0.4) is 0 Å². The molecule has 6 heteroatoms. The number of nitriles is 1. The zero-order valence-electron chi connectivity index (χ0n) is 40.1. The van der Waals surface area contributed by atoms with E-state index in [9.17, 15) is 5.26 Å². The van der Waals surface area contributed by atoms with Gasteiger partial charge in [-0.3, -0.25) is 0 Å². The number of aryl methyl sites for hydroxylation is 4. The van der Waals surface area contributed by atoms with Crippen LogP contribution in [-0.4, -0.2) is 9.13 Å². The van der Waals surface area contributed by atoms with E-state index in [-0.39, 0.29) is 5.56 Å². The van der Waals surface area contributed by atoms with Crippen LogP contribution >= 0.6 is 0 Å². The monoisotopic (exact) mass is 937 g/mol. The van der Waals surface area contributed by atoms with Crippen LogP contribution in [0.4, 0.5) is 13.2 Å². The summed E-state index contributed by atoms with van der Waals surface area (Å²) in [5.41, 5.74) is 16.3. The fourth-order valence-electron chi connectivity index (χ4n) is 10.5. The van der Waals surface area contributed by atoms with Crippen molar-refractivity contribution in [3.63, 3.8) is 0 Å². The van der Waals surface area contributed by atoms with Gasteiger partial charge >= 0.3 is 6.18 Å². The van der Waals surface area contributed by atoms with Crippen molar-refractivity contribution in [3.8, 4) is 73.1 Å². The number of rotatable bonds is 7. The van der Waals surface area contributed by atoms with Gasteiger partial charge in [-0.25, -0.2) is 0 Å². The standard InChI is InChI=1S/C66H46F3N3/c1-40-9-17-45(18-10-40)49-25-29-53-54-30-26-50(46-19-11-41(2)12-20-46)36-60(54)71(59(53)35-49)63-33-44(39-70)34-64(65(63)57-7-5-6-8-58(57)66(67,68)69)72-61-37-51(47-21-13-42(3)14-22-47)27-31-55(61)56-32-28-52(38-62(56)72)48-23-15-43(4)16-24-48/h5-38H,1-4H3. The summed E-state index contributed by atoms with van der Waals surface area (Å²) in [6, 6.07) is 70.7. The minimum Gasteiger partial charge on any atom is -0.308 e. The first kappa shape index (κ1) is 44.3. The van der Waals surface area contributed by atoms with Gasteiger partial charge in [-0.15, -0.1) is 0 Å². The fourth-order valence-corrected chi connectivity index (χ4v) is 10.5. The molecule has 0 radical (unpaired) electrons. The maximum atomic E-state index is 15.8. The van der Waals surface area contributed by atoms with Gasteiger partial charge in [0, 0.05) is 27.1 Å². The third kappa shape index (κ3) is 7.62. The highest BCUT2D eigenvalue weighted by Gasteiger charge is 2.36. The predicted molar refractivity (Wildman–Crippen MR) is 291 cm³/mol. The smallest absolute Gasteiger partial charge is 0.308 e. The van der Waals surface area contributed by atoms with E-state index in [0.717, 1.165) is 116 Å². The molecule has 10 aromatic carbocycles. The molecular formula is C66H46F3N3. The second kappa shape index (κ2) is 17.2. The highest BCUT2D eigenvalue weighted by Crippen LogP contribution is 2.48. The number of hydrogen-bond donors (Lipinski definition) is 0.